The Labute approximate surface area is 101 Å². The molecule has 0 heterocycles. The number of hydrogen-bond acceptors (Lipinski definition) is 4. The van der Waals surface area contributed by atoms with Crippen LogP contribution in [0.25, 0.3) is 0 Å². The highest BCUT2D eigenvalue weighted by atomic mass is 32.2. The van der Waals surface area contributed by atoms with Crippen molar-refractivity contribution >= 4 is 17.4 Å². The van der Waals surface area contributed by atoms with Crippen molar-refractivity contribution in [2.24, 2.45) is 0 Å². The van der Waals surface area contributed by atoms with Crippen LogP contribution in [0.15, 0.2) is 23.1 Å². The molecule has 1 rings (SSSR count). The quantitative estimate of drug-likeness (QED) is 0.437. The fourth-order valence-corrected chi connectivity index (χ4v) is 2.16. The molecule has 0 atom stereocenters. The van der Waals surface area contributed by atoms with Crippen LogP contribution < -0.4 is 10.5 Å². The van der Waals surface area contributed by atoms with E-state index in [1.165, 1.54) is 0 Å². The van der Waals surface area contributed by atoms with E-state index in [-0.39, 0.29) is 6.61 Å². The van der Waals surface area contributed by atoms with Gasteiger partial charge in [0.2, 0.25) is 0 Å². The van der Waals surface area contributed by atoms with Crippen molar-refractivity contribution in [3.8, 4) is 5.75 Å². The van der Waals surface area contributed by atoms with Crippen molar-refractivity contribution in [1.82, 2.24) is 0 Å². The first-order valence-corrected chi connectivity index (χ1v) is 6.53. The number of para-hydroxylation sites is 1. The summed E-state index contributed by atoms with van der Waals surface area (Å²) in [6.45, 7) is 2.98. The third-order valence-electron chi connectivity index (χ3n) is 2.05. The summed E-state index contributed by atoms with van der Waals surface area (Å²) in [5.41, 5.74) is 6.71. The maximum absolute atomic E-state index is 8.72. The van der Waals surface area contributed by atoms with Gasteiger partial charge in [0.05, 0.1) is 12.3 Å². The van der Waals surface area contributed by atoms with Crippen molar-refractivity contribution < 1.29 is 9.84 Å². The second-order valence-electron chi connectivity index (χ2n) is 3.44. The number of benzene rings is 1. The van der Waals surface area contributed by atoms with Gasteiger partial charge in [-0.2, -0.15) is 0 Å². The first-order chi connectivity index (χ1) is 7.79. The third kappa shape index (κ3) is 3.94. The van der Waals surface area contributed by atoms with Gasteiger partial charge in [-0.25, -0.2) is 0 Å². The molecule has 3 nitrogen and oxygen atoms in total. The molecule has 4 heteroatoms. The van der Waals surface area contributed by atoms with Gasteiger partial charge in [-0.1, -0.05) is 13.0 Å². The molecule has 0 aliphatic carbocycles. The van der Waals surface area contributed by atoms with Crippen LogP contribution in [0.5, 0.6) is 5.75 Å². The molecule has 0 radical (unpaired) electrons. The minimum Gasteiger partial charge on any atom is -0.491 e. The Morgan fingerprint density at radius 2 is 2.25 bits per heavy atom. The lowest BCUT2D eigenvalue weighted by atomic mass is 10.3. The minimum absolute atomic E-state index is 0.221. The number of hydrogen-bond donors (Lipinski definition) is 2. The molecule has 0 saturated heterocycles. The Hall–Kier alpha value is -0.870. The Bertz CT molecular complexity index is 318. The highest BCUT2D eigenvalue weighted by molar-refractivity contribution is 7.99. The third-order valence-corrected chi connectivity index (χ3v) is 3.21. The predicted molar refractivity (Wildman–Crippen MR) is 69.1 cm³/mol. The van der Waals surface area contributed by atoms with Crippen LogP contribution in [0.1, 0.15) is 19.8 Å². The second kappa shape index (κ2) is 7.41. The van der Waals surface area contributed by atoms with Crippen LogP contribution >= 0.6 is 11.8 Å². The molecule has 16 heavy (non-hydrogen) atoms. The number of aliphatic hydroxyl groups is 1. The average molecular weight is 241 g/mol. The van der Waals surface area contributed by atoms with Gasteiger partial charge in [-0.15, -0.1) is 11.8 Å². The van der Waals surface area contributed by atoms with Crippen LogP contribution in [0.3, 0.4) is 0 Å². The van der Waals surface area contributed by atoms with E-state index in [1.807, 2.05) is 18.2 Å². The first-order valence-electron chi connectivity index (χ1n) is 5.54. The number of aliphatic hydroxyl groups excluding tert-OH is 1. The average Bonchev–Trinajstić information content (AvgIpc) is 2.30. The summed E-state index contributed by atoms with van der Waals surface area (Å²) < 4.78 is 5.55. The van der Waals surface area contributed by atoms with Gasteiger partial charge in [-0.05, 0) is 25.0 Å². The Morgan fingerprint density at radius 1 is 1.44 bits per heavy atom. The Kier molecular flexibility index (Phi) is 6.11. The zero-order valence-corrected chi connectivity index (χ0v) is 10.4. The lowest BCUT2D eigenvalue weighted by Crippen LogP contribution is -2.00. The van der Waals surface area contributed by atoms with E-state index in [1.54, 1.807) is 11.8 Å². The molecule has 0 spiro atoms. The maximum Gasteiger partial charge on any atom is 0.143 e. The predicted octanol–water partition coefficient (Wildman–Crippen LogP) is 2.53. The van der Waals surface area contributed by atoms with Crippen LogP contribution in [0, 0.1) is 0 Å². The van der Waals surface area contributed by atoms with Gasteiger partial charge >= 0.3 is 0 Å². The normalized spacial score (nSPS) is 10.4. The van der Waals surface area contributed by atoms with E-state index >= 15 is 0 Å². The van der Waals surface area contributed by atoms with Crippen LogP contribution in [-0.2, 0) is 0 Å². The van der Waals surface area contributed by atoms with E-state index in [0.29, 0.717) is 12.3 Å². The standard InChI is InChI=1S/C12H19NO2S/c1-2-8-15-10-5-3-6-11(12(10)13)16-9-4-7-14/h3,5-6,14H,2,4,7-9,13H2,1H3. The minimum atomic E-state index is 0.221. The molecule has 0 aliphatic heterocycles. The molecule has 0 unspecified atom stereocenters. The number of thioether (sulfide) groups is 1. The molecule has 0 aromatic heterocycles. The monoisotopic (exact) mass is 241 g/mol. The Morgan fingerprint density at radius 3 is 2.94 bits per heavy atom. The molecule has 90 valence electrons. The molecule has 1 aromatic rings. The van der Waals surface area contributed by atoms with E-state index in [0.717, 1.165) is 29.2 Å². The summed E-state index contributed by atoms with van der Waals surface area (Å²) in [6, 6.07) is 5.82. The lowest BCUT2D eigenvalue weighted by Gasteiger charge is -2.11. The largest absolute Gasteiger partial charge is 0.491 e. The smallest absolute Gasteiger partial charge is 0.143 e. The van der Waals surface area contributed by atoms with Gasteiger partial charge < -0.3 is 15.6 Å². The summed E-state index contributed by atoms with van der Waals surface area (Å²) in [7, 11) is 0. The van der Waals surface area contributed by atoms with Gasteiger partial charge in [0.15, 0.2) is 0 Å². The SMILES string of the molecule is CCCOc1cccc(SCCCO)c1N. The number of nitrogens with two attached hydrogens (primary N) is 1. The molecular weight excluding hydrogens is 222 g/mol. The van der Waals surface area contributed by atoms with Crippen LogP contribution in [0.2, 0.25) is 0 Å². The van der Waals surface area contributed by atoms with Crippen molar-refractivity contribution in [2.45, 2.75) is 24.7 Å². The number of rotatable bonds is 7. The van der Waals surface area contributed by atoms with E-state index < -0.39 is 0 Å². The number of nitrogen functional groups attached to an aromatic ring is 1. The molecule has 0 saturated carbocycles. The molecular formula is C12H19NO2S. The van der Waals surface area contributed by atoms with Crippen molar-refractivity contribution in [1.29, 1.82) is 0 Å². The lowest BCUT2D eigenvalue weighted by molar-refractivity contribution is 0.296. The van der Waals surface area contributed by atoms with Crippen molar-refractivity contribution in [3.05, 3.63) is 18.2 Å². The van der Waals surface area contributed by atoms with Gasteiger partial charge in [0.1, 0.15) is 5.75 Å². The highest BCUT2D eigenvalue weighted by Crippen LogP contribution is 2.32. The van der Waals surface area contributed by atoms with E-state index in [4.69, 9.17) is 15.6 Å². The van der Waals surface area contributed by atoms with Crippen molar-refractivity contribution in [3.63, 3.8) is 0 Å². The summed E-state index contributed by atoms with van der Waals surface area (Å²) in [5, 5.41) is 8.72. The molecule has 0 fully saturated rings. The van der Waals surface area contributed by atoms with Crippen molar-refractivity contribution in [2.75, 3.05) is 24.7 Å². The second-order valence-corrected chi connectivity index (χ2v) is 4.58. The summed E-state index contributed by atoms with van der Waals surface area (Å²) in [4.78, 5) is 1.03. The zero-order chi connectivity index (χ0) is 11.8. The first kappa shape index (κ1) is 13.2. The molecule has 0 amide bonds. The Balaban J connectivity index is 2.62. The fraction of sp³-hybridized carbons (Fsp3) is 0.500. The topological polar surface area (TPSA) is 55.5 Å². The van der Waals surface area contributed by atoms with Gasteiger partial charge in [0.25, 0.3) is 0 Å². The maximum atomic E-state index is 8.72. The zero-order valence-electron chi connectivity index (χ0n) is 9.61. The summed E-state index contributed by atoms with van der Waals surface area (Å²) in [5.74, 6) is 1.63. The molecule has 0 bridgehead atoms. The molecule has 1 aromatic carbocycles. The fourth-order valence-electron chi connectivity index (χ4n) is 1.23. The van der Waals surface area contributed by atoms with Gasteiger partial charge in [0, 0.05) is 17.3 Å². The van der Waals surface area contributed by atoms with Crippen LogP contribution in [-0.4, -0.2) is 24.1 Å². The number of ether oxygens (including phenoxy) is 1. The number of anilines is 1. The molecule has 0 aliphatic rings. The van der Waals surface area contributed by atoms with Gasteiger partial charge in [-0.3, -0.25) is 0 Å². The molecule has 3 N–H and O–H groups in total. The van der Waals surface area contributed by atoms with E-state index in [2.05, 4.69) is 6.92 Å². The highest BCUT2D eigenvalue weighted by Gasteiger charge is 2.05. The summed E-state index contributed by atoms with van der Waals surface area (Å²) in [6.07, 6.45) is 1.76. The van der Waals surface area contributed by atoms with Crippen LogP contribution in [0.4, 0.5) is 5.69 Å². The summed E-state index contributed by atoms with van der Waals surface area (Å²) >= 11 is 1.65. The van der Waals surface area contributed by atoms with E-state index in [9.17, 15) is 0 Å².